The number of aromatic nitrogens is 1. The molecule has 2 heterocycles. The maximum Gasteiger partial charge on any atom is 0.136 e. The first-order chi connectivity index (χ1) is 9.75. The van der Waals surface area contributed by atoms with Crippen LogP contribution in [0.3, 0.4) is 0 Å². The maximum atomic E-state index is 4.66. The van der Waals surface area contributed by atoms with Gasteiger partial charge in [-0.05, 0) is 24.3 Å². The SMILES string of the molecule is CC(C)NCC1CCCN1c1nccc2ccccc12. The van der Waals surface area contributed by atoms with Gasteiger partial charge < -0.3 is 10.2 Å². The molecule has 1 aromatic carbocycles. The van der Waals surface area contributed by atoms with Gasteiger partial charge in [0.15, 0.2) is 0 Å². The first-order valence-corrected chi connectivity index (χ1v) is 7.59. The summed E-state index contributed by atoms with van der Waals surface area (Å²) < 4.78 is 0. The molecule has 0 spiro atoms. The normalized spacial score (nSPS) is 19.1. The molecule has 1 N–H and O–H groups in total. The Hall–Kier alpha value is -1.61. The summed E-state index contributed by atoms with van der Waals surface area (Å²) in [6.07, 6.45) is 4.45. The number of hydrogen-bond acceptors (Lipinski definition) is 3. The van der Waals surface area contributed by atoms with Crippen LogP contribution in [0.25, 0.3) is 10.8 Å². The molecule has 3 rings (SSSR count). The van der Waals surface area contributed by atoms with Crippen molar-refractivity contribution >= 4 is 16.6 Å². The zero-order chi connectivity index (χ0) is 13.9. The molecule has 0 aliphatic carbocycles. The Morgan fingerprint density at radius 3 is 3.00 bits per heavy atom. The van der Waals surface area contributed by atoms with Gasteiger partial charge in [0.1, 0.15) is 5.82 Å². The number of anilines is 1. The van der Waals surface area contributed by atoms with Crippen molar-refractivity contribution < 1.29 is 0 Å². The lowest BCUT2D eigenvalue weighted by molar-refractivity contribution is 0.523. The van der Waals surface area contributed by atoms with Gasteiger partial charge >= 0.3 is 0 Å². The lowest BCUT2D eigenvalue weighted by atomic mass is 10.1. The van der Waals surface area contributed by atoms with Crippen LogP contribution in [0, 0.1) is 0 Å². The van der Waals surface area contributed by atoms with Crippen molar-refractivity contribution in [2.75, 3.05) is 18.0 Å². The van der Waals surface area contributed by atoms with E-state index in [4.69, 9.17) is 0 Å². The molecule has 0 radical (unpaired) electrons. The maximum absolute atomic E-state index is 4.66. The second kappa shape index (κ2) is 5.80. The summed E-state index contributed by atoms with van der Waals surface area (Å²) in [5.41, 5.74) is 0. The van der Waals surface area contributed by atoms with Gasteiger partial charge in [-0.15, -0.1) is 0 Å². The molecular formula is C17H23N3. The number of hydrogen-bond donors (Lipinski definition) is 1. The molecule has 1 fully saturated rings. The van der Waals surface area contributed by atoms with Gasteiger partial charge in [-0.3, -0.25) is 0 Å². The van der Waals surface area contributed by atoms with E-state index in [0.717, 1.165) is 18.9 Å². The standard InChI is InChI=1S/C17H23N3/c1-13(2)19-12-15-7-5-11-20(15)17-16-8-4-3-6-14(16)9-10-18-17/h3-4,6,8-10,13,15,19H,5,7,11-12H2,1-2H3. The smallest absolute Gasteiger partial charge is 0.136 e. The Morgan fingerprint density at radius 2 is 2.15 bits per heavy atom. The van der Waals surface area contributed by atoms with E-state index >= 15 is 0 Å². The average molecular weight is 269 g/mol. The van der Waals surface area contributed by atoms with Crippen molar-refractivity contribution in [3.05, 3.63) is 36.5 Å². The first kappa shape index (κ1) is 13.4. The molecule has 106 valence electrons. The van der Waals surface area contributed by atoms with Crippen molar-refractivity contribution in [3.8, 4) is 0 Å². The third-order valence-corrected chi connectivity index (χ3v) is 4.06. The first-order valence-electron chi connectivity index (χ1n) is 7.59. The van der Waals surface area contributed by atoms with Gasteiger partial charge in [0.05, 0.1) is 0 Å². The van der Waals surface area contributed by atoms with Crippen LogP contribution in [-0.2, 0) is 0 Å². The third kappa shape index (κ3) is 2.63. The fourth-order valence-corrected chi connectivity index (χ4v) is 3.03. The zero-order valence-corrected chi connectivity index (χ0v) is 12.3. The van der Waals surface area contributed by atoms with Gasteiger partial charge in [0.25, 0.3) is 0 Å². The molecule has 1 atom stereocenters. The molecule has 0 saturated carbocycles. The van der Waals surface area contributed by atoms with Gasteiger partial charge in [-0.25, -0.2) is 4.98 Å². The lowest BCUT2D eigenvalue weighted by Gasteiger charge is -2.27. The van der Waals surface area contributed by atoms with Crippen LogP contribution in [-0.4, -0.2) is 30.2 Å². The summed E-state index contributed by atoms with van der Waals surface area (Å²) in [4.78, 5) is 7.15. The largest absolute Gasteiger partial charge is 0.352 e. The molecule has 3 nitrogen and oxygen atoms in total. The lowest BCUT2D eigenvalue weighted by Crippen LogP contribution is -2.40. The molecule has 1 aliphatic heterocycles. The number of pyridine rings is 1. The van der Waals surface area contributed by atoms with E-state index in [2.05, 4.69) is 59.4 Å². The Balaban J connectivity index is 1.89. The van der Waals surface area contributed by atoms with E-state index in [1.807, 2.05) is 6.20 Å². The monoisotopic (exact) mass is 269 g/mol. The van der Waals surface area contributed by atoms with E-state index < -0.39 is 0 Å². The number of nitrogens with one attached hydrogen (secondary N) is 1. The van der Waals surface area contributed by atoms with E-state index in [-0.39, 0.29) is 0 Å². The molecule has 1 saturated heterocycles. The van der Waals surface area contributed by atoms with Crippen molar-refractivity contribution in [1.29, 1.82) is 0 Å². The quantitative estimate of drug-likeness (QED) is 0.924. The fourth-order valence-electron chi connectivity index (χ4n) is 3.03. The van der Waals surface area contributed by atoms with Gasteiger partial charge in [0.2, 0.25) is 0 Å². The minimum absolute atomic E-state index is 0.540. The minimum Gasteiger partial charge on any atom is -0.352 e. The Morgan fingerprint density at radius 1 is 1.30 bits per heavy atom. The number of rotatable bonds is 4. The highest BCUT2D eigenvalue weighted by Crippen LogP contribution is 2.29. The van der Waals surface area contributed by atoms with Gasteiger partial charge in [-0.2, -0.15) is 0 Å². The third-order valence-electron chi connectivity index (χ3n) is 4.06. The van der Waals surface area contributed by atoms with Crippen LogP contribution in [0.15, 0.2) is 36.5 Å². The van der Waals surface area contributed by atoms with E-state index in [1.165, 1.54) is 23.6 Å². The van der Waals surface area contributed by atoms with Crippen molar-refractivity contribution in [2.24, 2.45) is 0 Å². The van der Waals surface area contributed by atoms with E-state index in [1.54, 1.807) is 0 Å². The number of fused-ring (bicyclic) bond motifs is 1. The second-order valence-electron chi connectivity index (χ2n) is 5.91. The fraction of sp³-hybridized carbons (Fsp3) is 0.471. The highest BCUT2D eigenvalue weighted by Gasteiger charge is 2.26. The molecular weight excluding hydrogens is 246 g/mol. The Kier molecular flexibility index (Phi) is 3.88. The van der Waals surface area contributed by atoms with Crippen LogP contribution >= 0.6 is 0 Å². The van der Waals surface area contributed by atoms with Crippen LogP contribution in [0.5, 0.6) is 0 Å². The number of benzene rings is 1. The van der Waals surface area contributed by atoms with E-state index in [0.29, 0.717) is 12.1 Å². The predicted molar refractivity (Wildman–Crippen MR) is 85.2 cm³/mol. The summed E-state index contributed by atoms with van der Waals surface area (Å²) in [5.74, 6) is 1.15. The molecule has 20 heavy (non-hydrogen) atoms. The van der Waals surface area contributed by atoms with Crippen molar-refractivity contribution in [3.63, 3.8) is 0 Å². The molecule has 2 aromatic rings. The summed E-state index contributed by atoms with van der Waals surface area (Å²) in [6, 6.07) is 11.7. The van der Waals surface area contributed by atoms with Crippen molar-refractivity contribution in [2.45, 2.75) is 38.8 Å². The average Bonchev–Trinajstić information content (AvgIpc) is 2.92. The van der Waals surface area contributed by atoms with Crippen molar-refractivity contribution in [1.82, 2.24) is 10.3 Å². The molecule has 3 heteroatoms. The van der Waals surface area contributed by atoms with E-state index in [9.17, 15) is 0 Å². The second-order valence-corrected chi connectivity index (χ2v) is 5.91. The Labute approximate surface area is 121 Å². The number of nitrogens with zero attached hydrogens (tertiary/aromatic N) is 2. The molecule has 0 amide bonds. The van der Waals surface area contributed by atoms with Crippen LogP contribution in [0.2, 0.25) is 0 Å². The Bertz CT molecular complexity index is 574. The molecule has 1 unspecified atom stereocenters. The molecule has 1 aromatic heterocycles. The molecule has 0 bridgehead atoms. The summed E-state index contributed by atoms with van der Waals surface area (Å²) in [5, 5.41) is 6.11. The van der Waals surface area contributed by atoms with Crippen LogP contribution in [0.4, 0.5) is 5.82 Å². The summed E-state index contributed by atoms with van der Waals surface area (Å²) >= 11 is 0. The van der Waals surface area contributed by atoms with Gasteiger partial charge in [0, 0.05) is 36.8 Å². The highest BCUT2D eigenvalue weighted by molar-refractivity contribution is 5.92. The van der Waals surface area contributed by atoms with Gasteiger partial charge in [-0.1, -0.05) is 38.1 Å². The highest BCUT2D eigenvalue weighted by atomic mass is 15.2. The topological polar surface area (TPSA) is 28.2 Å². The summed E-state index contributed by atoms with van der Waals surface area (Å²) in [7, 11) is 0. The molecule has 1 aliphatic rings. The van der Waals surface area contributed by atoms with Crippen LogP contribution < -0.4 is 10.2 Å². The predicted octanol–water partition coefficient (Wildman–Crippen LogP) is 3.20. The zero-order valence-electron chi connectivity index (χ0n) is 12.3. The van der Waals surface area contributed by atoms with Crippen LogP contribution in [0.1, 0.15) is 26.7 Å². The summed E-state index contributed by atoms with van der Waals surface area (Å²) in [6.45, 7) is 6.57. The minimum atomic E-state index is 0.540.